The quantitative estimate of drug-likeness (QED) is 0.480. The van der Waals surface area contributed by atoms with Crippen LogP contribution >= 0.6 is 0 Å². The molecule has 1 rings (SSSR count). The maximum atomic E-state index is 7.36. The molecule has 0 atom stereocenters. The molecule has 0 saturated carbocycles. The van der Waals surface area contributed by atoms with E-state index in [1.807, 2.05) is 0 Å². The van der Waals surface area contributed by atoms with E-state index in [-0.39, 0.29) is 0 Å². The molecule has 0 bridgehead atoms. The number of nitrogens with one attached hydrogen (secondary N) is 1. The van der Waals surface area contributed by atoms with Crippen LogP contribution in [0.1, 0.15) is 45.2 Å². The van der Waals surface area contributed by atoms with Gasteiger partial charge in [-0.1, -0.05) is 69.3 Å². The fourth-order valence-corrected chi connectivity index (χ4v) is 2.22. The van der Waals surface area contributed by atoms with Crippen molar-refractivity contribution in [1.82, 2.24) is 0 Å². The van der Waals surface area contributed by atoms with E-state index in [1.54, 1.807) is 0 Å². The van der Waals surface area contributed by atoms with Crippen LogP contribution in [0.15, 0.2) is 54.1 Å². The first-order chi connectivity index (χ1) is 10.1. The van der Waals surface area contributed by atoms with Crippen LogP contribution in [-0.4, -0.2) is 6.21 Å². The SMILES string of the molecule is C/C=C\C(=C/C(C)C)c1cccc(C/C=C(\C=N)CC)c1. The molecule has 1 heteroatoms. The average molecular weight is 281 g/mol. The van der Waals surface area contributed by atoms with E-state index < -0.39 is 0 Å². The predicted octanol–water partition coefficient (Wildman–Crippen LogP) is 5.83. The highest BCUT2D eigenvalue weighted by Crippen LogP contribution is 2.20. The molecule has 1 aromatic rings. The van der Waals surface area contributed by atoms with Crippen molar-refractivity contribution >= 4 is 11.8 Å². The Labute approximate surface area is 129 Å². The van der Waals surface area contributed by atoms with E-state index in [9.17, 15) is 0 Å². The Bertz CT molecular complexity index is 545. The maximum Gasteiger partial charge on any atom is 0.0206 e. The molecule has 0 aliphatic heterocycles. The second kappa shape index (κ2) is 9.12. The lowest BCUT2D eigenvalue weighted by Gasteiger charge is -2.07. The molecule has 0 aliphatic carbocycles. The molecule has 0 spiro atoms. The van der Waals surface area contributed by atoms with Gasteiger partial charge in [0.25, 0.3) is 0 Å². The van der Waals surface area contributed by atoms with Gasteiger partial charge in [-0.05, 0) is 48.0 Å². The third kappa shape index (κ3) is 5.95. The molecule has 0 unspecified atom stereocenters. The molecule has 0 heterocycles. The molecule has 0 amide bonds. The summed E-state index contributed by atoms with van der Waals surface area (Å²) in [6, 6.07) is 8.69. The molecule has 0 aromatic heterocycles. The Morgan fingerprint density at radius 2 is 2.05 bits per heavy atom. The molecule has 0 radical (unpaired) electrons. The predicted molar refractivity (Wildman–Crippen MR) is 94.9 cm³/mol. The van der Waals surface area contributed by atoms with Gasteiger partial charge in [-0.2, -0.15) is 0 Å². The van der Waals surface area contributed by atoms with Gasteiger partial charge in [0.2, 0.25) is 0 Å². The maximum absolute atomic E-state index is 7.36. The molecular formula is C20H27N. The van der Waals surface area contributed by atoms with Crippen molar-refractivity contribution in [2.24, 2.45) is 5.92 Å². The Balaban J connectivity index is 3.03. The standard InChI is InChI=1S/C20H27N/c1-5-8-19(13-16(3)4)20-10-7-9-18(14-20)12-11-17(6-2)15-21/h5,7-11,13-16,21H,6,12H2,1-4H3/b8-5-,17-11-,19-13+,21-15?. The molecule has 21 heavy (non-hydrogen) atoms. The van der Waals surface area contributed by atoms with Gasteiger partial charge >= 0.3 is 0 Å². The fraction of sp³-hybridized carbons (Fsp3) is 0.350. The van der Waals surface area contributed by atoms with Crippen LogP contribution in [0.5, 0.6) is 0 Å². The van der Waals surface area contributed by atoms with Crippen LogP contribution in [0.4, 0.5) is 0 Å². The number of hydrogen-bond donors (Lipinski definition) is 1. The van der Waals surface area contributed by atoms with E-state index in [0.29, 0.717) is 5.92 Å². The minimum atomic E-state index is 0.532. The van der Waals surface area contributed by atoms with Gasteiger partial charge in [-0.15, -0.1) is 0 Å². The van der Waals surface area contributed by atoms with Crippen LogP contribution in [0.25, 0.3) is 5.57 Å². The molecule has 0 fully saturated rings. The lowest BCUT2D eigenvalue weighted by Crippen LogP contribution is -1.90. The monoisotopic (exact) mass is 281 g/mol. The van der Waals surface area contributed by atoms with Crippen LogP contribution in [0, 0.1) is 11.3 Å². The summed E-state index contributed by atoms with van der Waals surface area (Å²) < 4.78 is 0. The fourth-order valence-electron chi connectivity index (χ4n) is 2.22. The van der Waals surface area contributed by atoms with Crippen LogP contribution in [-0.2, 0) is 6.42 Å². The Kier molecular flexibility index (Phi) is 7.45. The van der Waals surface area contributed by atoms with E-state index >= 15 is 0 Å². The summed E-state index contributed by atoms with van der Waals surface area (Å²) in [6.07, 6.45) is 12.0. The van der Waals surface area contributed by atoms with Crippen molar-refractivity contribution < 1.29 is 0 Å². The van der Waals surface area contributed by atoms with Gasteiger partial charge < -0.3 is 5.41 Å². The highest BCUT2D eigenvalue weighted by atomic mass is 14.3. The summed E-state index contributed by atoms with van der Waals surface area (Å²) in [5.41, 5.74) is 4.92. The van der Waals surface area contributed by atoms with Gasteiger partial charge in [0.15, 0.2) is 0 Å². The summed E-state index contributed by atoms with van der Waals surface area (Å²) >= 11 is 0. The molecular weight excluding hydrogens is 254 g/mol. The van der Waals surface area contributed by atoms with Crippen LogP contribution in [0.2, 0.25) is 0 Å². The van der Waals surface area contributed by atoms with E-state index in [2.05, 4.69) is 76.3 Å². The van der Waals surface area contributed by atoms with Crippen LogP contribution in [0.3, 0.4) is 0 Å². The first-order valence-corrected chi connectivity index (χ1v) is 7.74. The summed E-state index contributed by atoms with van der Waals surface area (Å²) in [6.45, 7) is 8.54. The largest absolute Gasteiger partial charge is 0.308 e. The lowest BCUT2D eigenvalue weighted by molar-refractivity contribution is 0.834. The van der Waals surface area contributed by atoms with Crippen molar-refractivity contribution in [3.63, 3.8) is 0 Å². The minimum Gasteiger partial charge on any atom is -0.308 e. The molecule has 1 nitrogen and oxygen atoms in total. The molecule has 1 aromatic carbocycles. The zero-order valence-electron chi connectivity index (χ0n) is 13.7. The van der Waals surface area contributed by atoms with Crippen molar-refractivity contribution in [3.05, 3.63) is 65.3 Å². The van der Waals surface area contributed by atoms with Crippen molar-refractivity contribution in [2.75, 3.05) is 0 Å². The Morgan fingerprint density at radius 1 is 1.29 bits per heavy atom. The topological polar surface area (TPSA) is 23.9 Å². The highest BCUT2D eigenvalue weighted by molar-refractivity contribution is 5.76. The zero-order chi connectivity index (χ0) is 15.7. The van der Waals surface area contributed by atoms with Crippen LogP contribution < -0.4 is 0 Å². The van der Waals surface area contributed by atoms with Gasteiger partial charge in [-0.25, -0.2) is 0 Å². The summed E-state index contributed by atoms with van der Waals surface area (Å²) in [5, 5.41) is 7.36. The zero-order valence-corrected chi connectivity index (χ0v) is 13.7. The molecule has 112 valence electrons. The third-order valence-electron chi connectivity index (χ3n) is 3.31. The van der Waals surface area contributed by atoms with Crippen molar-refractivity contribution in [1.29, 1.82) is 5.41 Å². The number of allylic oxidation sites excluding steroid dienone is 6. The second-order valence-electron chi connectivity index (χ2n) is 5.55. The third-order valence-corrected chi connectivity index (χ3v) is 3.31. The lowest BCUT2D eigenvalue weighted by atomic mass is 9.98. The van der Waals surface area contributed by atoms with E-state index in [4.69, 9.17) is 5.41 Å². The summed E-state index contributed by atoms with van der Waals surface area (Å²) in [7, 11) is 0. The normalized spacial score (nSPS) is 13.2. The van der Waals surface area contributed by atoms with Crippen molar-refractivity contribution in [3.8, 4) is 0 Å². The van der Waals surface area contributed by atoms with Gasteiger partial charge in [0.1, 0.15) is 0 Å². The Hall–Kier alpha value is -1.89. The number of hydrogen-bond acceptors (Lipinski definition) is 1. The molecule has 1 N–H and O–H groups in total. The molecule has 0 aliphatic rings. The molecule has 0 saturated heterocycles. The second-order valence-corrected chi connectivity index (χ2v) is 5.55. The summed E-state index contributed by atoms with van der Waals surface area (Å²) in [5.74, 6) is 0.532. The van der Waals surface area contributed by atoms with Crippen molar-refractivity contribution in [2.45, 2.75) is 40.5 Å². The average Bonchev–Trinajstić information content (AvgIpc) is 2.48. The first-order valence-electron chi connectivity index (χ1n) is 7.74. The highest BCUT2D eigenvalue weighted by Gasteiger charge is 2.01. The van der Waals surface area contributed by atoms with E-state index in [1.165, 1.54) is 22.9 Å². The number of benzene rings is 1. The smallest absolute Gasteiger partial charge is 0.0206 e. The van der Waals surface area contributed by atoms with Gasteiger partial charge in [0, 0.05) is 6.21 Å². The van der Waals surface area contributed by atoms with E-state index in [0.717, 1.165) is 18.4 Å². The van der Waals surface area contributed by atoms with Gasteiger partial charge in [-0.3, -0.25) is 0 Å². The first kappa shape index (κ1) is 17.2. The summed E-state index contributed by atoms with van der Waals surface area (Å²) in [4.78, 5) is 0. The number of rotatable bonds is 7. The van der Waals surface area contributed by atoms with Gasteiger partial charge in [0.05, 0.1) is 0 Å². The minimum absolute atomic E-state index is 0.532. The Morgan fingerprint density at radius 3 is 2.62 bits per heavy atom.